The van der Waals surface area contributed by atoms with E-state index in [4.69, 9.17) is 27.9 Å². The lowest BCUT2D eigenvalue weighted by Crippen LogP contribution is -1.95. The molecule has 0 saturated carbocycles. The monoisotopic (exact) mass is 385 g/mol. The molecule has 0 saturated heterocycles. The Morgan fingerprint density at radius 2 is 1.60 bits per heavy atom. The third kappa shape index (κ3) is 3.79. The molecule has 5 heteroatoms. The minimum atomic E-state index is 0.455. The Balaban J connectivity index is 1.49. The molecule has 0 aliphatic heterocycles. The van der Waals surface area contributed by atoms with Crippen LogP contribution < -0.4 is 4.74 Å². The fourth-order valence-corrected chi connectivity index (χ4v) is 3.99. The molecule has 0 aliphatic rings. The van der Waals surface area contributed by atoms with Crippen LogP contribution >= 0.6 is 34.5 Å². The van der Waals surface area contributed by atoms with Gasteiger partial charge in [0, 0.05) is 15.6 Å². The molecule has 1 heterocycles. The molecule has 0 bridgehead atoms. The lowest BCUT2D eigenvalue weighted by atomic mass is 10.1. The summed E-state index contributed by atoms with van der Waals surface area (Å²) in [5.41, 5.74) is 3.21. The topological polar surface area (TPSA) is 22.1 Å². The number of ether oxygens (including phenoxy) is 1. The highest BCUT2D eigenvalue weighted by molar-refractivity contribution is 7.21. The Kier molecular flexibility index (Phi) is 4.62. The Labute approximate surface area is 159 Å². The molecular formula is C20H13Cl2NOS. The zero-order valence-electron chi connectivity index (χ0n) is 13.1. The van der Waals surface area contributed by atoms with Crippen LogP contribution in [0.15, 0.2) is 66.7 Å². The third-order valence-corrected chi connectivity index (χ3v) is 5.26. The maximum atomic E-state index is 5.98. The number of benzene rings is 3. The first-order chi connectivity index (χ1) is 12.2. The number of aromatic nitrogens is 1. The van der Waals surface area contributed by atoms with Gasteiger partial charge in [0.1, 0.15) is 17.4 Å². The molecule has 0 radical (unpaired) electrons. The summed E-state index contributed by atoms with van der Waals surface area (Å²) >= 11 is 13.7. The number of fused-ring (bicyclic) bond motifs is 1. The van der Waals surface area contributed by atoms with Gasteiger partial charge in [0.15, 0.2) is 0 Å². The number of thiazole rings is 1. The largest absolute Gasteiger partial charge is 0.489 e. The molecule has 0 fully saturated rings. The second kappa shape index (κ2) is 7.04. The highest BCUT2D eigenvalue weighted by atomic mass is 35.5. The molecule has 25 heavy (non-hydrogen) atoms. The highest BCUT2D eigenvalue weighted by Crippen LogP contribution is 2.30. The molecule has 0 spiro atoms. The summed E-state index contributed by atoms with van der Waals surface area (Å²) in [6, 6.07) is 21.6. The van der Waals surface area contributed by atoms with Gasteiger partial charge < -0.3 is 4.74 Å². The van der Waals surface area contributed by atoms with Crippen molar-refractivity contribution in [1.29, 1.82) is 0 Å². The van der Waals surface area contributed by atoms with Crippen LogP contribution in [0.1, 0.15) is 5.56 Å². The summed E-state index contributed by atoms with van der Waals surface area (Å²) in [7, 11) is 0. The first-order valence-electron chi connectivity index (χ1n) is 7.71. The van der Waals surface area contributed by atoms with Gasteiger partial charge >= 0.3 is 0 Å². The van der Waals surface area contributed by atoms with Gasteiger partial charge in [-0.2, -0.15) is 0 Å². The Hall–Kier alpha value is -2.07. The van der Waals surface area contributed by atoms with Crippen molar-refractivity contribution in [3.05, 3.63) is 82.3 Å². The normalized spacial score (nSPS) is 11.0. The van der Waals surface area contributed by atoms with Gasteiger partial charge in [-0.05, 0) is 35.9 Å². The molecule has 0 N–H and O–H groups in total. The van der Waals surface area contributed by atoms with Crippen molar-refractivity contribution < 1.29 is 4.74 Å². The maximum Gasteiger partial charge on any atom is 0.124 e. The first kappa shape index (κ1) is 16.4. The molecular weight excluding hydrogens is 373 g/mol. The SMILES string of the molecule is Clc1cc(Cl)cc(OCc2ccc(-c3nc4ccccc4s3)cc2)c1. The van der Waals surface area contributed by atoms with Crippen molar-refractivity contribution in [1.82, 2.24) is 4.98 Å². The molecule has 4 rings (SSSR count). The Morgan fingerprint density at radius 3 is 2.32 bits per heavy atom. The fraction of sp³-hybridized carbons (Fsp3) is 0.0500. The van der Waals surface area contributed by atoms with E-state index in [0.29, 0.717) is 22.4 Å². The van der Waals surface area contributed by atoms with E-state index in [2.05, 4.69) is 23.2 Å². The second-order valence-corrected chi connectivity index (χ2v) is 7.48. The number of para-hydroxylation sites is 1. The van der Waals surface area contributed by atoms with Gasteiger partial charge in [0.05, 0.1) is 10.2 Å². The van der Waals surface area contributed by atoms with Gasteiger partial charge in [-0.1, -0.05) is 59.6 Å². The molecule has 124 valence electrons. The first-order valence-corrected chi connectivity index (χ1v) is 9.28. The van der Waals surface area contributed by atoms with Gasteiger partial charge in [-0.3, -0.25) is 0 Å². The van der Waals surface area contributed by atoms with Crippen molar-refractivity contribution >= 4 is 44.8 Å². The molecule has 0 atom stereocenters. The van der Waals surface area contributed by atoms with E-state index in [1.54, 1.807) is 29.5 Å². The van der Waals surface area contributed by atoms with E-state index in [0.717, 1.165) is 21.7 Å². The number of halogens is 2. The standard InChI is InChI=1S/C20H13Cl2NOS/c21-15-9-16(22)11-17(10-15)24-12-13-5-7-14(8-6-13)20-23-18-3-1-2-4-19(18)25-20/h1-11H,12H2. The summed E-state index contributed by atoms with van der Waals surface area (Å²) < 4.78 is 6.96. The third-order valence-electron chi connectivity index (χ3n) is 3.74. The average molecular weight is 386 g/mol. The van der Waals surface area contributed by atoms with Crippen LogP contribution in [-0.2, 0) is 6.61 Å². The van der Waals surface area contributed by atoms with Gasteiger partial charge in [-0.15, -0.1) is 11.3 Å². The van der Waals surface area contributed by atoms with E-state index in [1.165, 1.54) is 4.70 Å². The van der Waals surface area contributed by atoms with E-state index in [-0.39, 0.29) is 0 Å². The van der Waals surface area contributed by atoms with E-state index < -0.39 is 0 Å². The summed E-state index contributed by atoms with van der Waals surface area (Å²) in [5.74, 6) is 0.660. The lowest BCUT2D eigenvalue weighted by molar-refractivity contribution is 0.306. The van der Waals surface area contributed by atoms with Gasteiger partial charge in [0.2, 0.25) is 0 Å². The maximum absolute atomic E-state index is 5.98. The smallest absolute Gasteiger partial charge is 0.124 e. The van der Waals surface area contributed by atoms with E-state index >= 15 is 0 Å². The van der Waals surface area contributed by atoms with Crippen LogP contribution in [0.2, 0.25) is 10.0 Å². The van der Waals surface area contributed by atoms with Crippen LogP contribution in [0.4, 0.5) is 0 Å². The summed E-state index contributed by atoms with van der Waals surface area (Å²) in [5, 5.41) is 2.15. The molecule has 1 aromatic heterocycles. The summed E-state index contributed by atoms with van der Waals surface area (Å²) in [4.78, 5) is 4.68. The minimum absolute atomic E-state index is 0.455. The van der Waals surface area contributed by atoms with Crippen LogP contribution in [0.5, 0.6) is 5.75 Å². The number of hydrogen-bond acceptors (Lipinski definition) is 3. The summed E-state index contributed by atoms with van der Waals surface area (Å²) in [6.07, 6.45) is 0. The van der Waals surface area contributed by atoms with Crippen LogP contribution in [0, 0.1) is 0 Å². The molecule has 3 aromatic carbocycles. The lowest BCUT2D eigenvalue weighted by Gasteiger charge is -2.07. The van der Waals surface area contributed by atoms with Crippen molar-refractivity contribution in [3.63, 3.8) is 0 Å². The van der Waals surface area contributed by atoms with E-state index in [9.17, 15) is 0 Å². The predicted octanol–water partition coefficient (Wildman–Crippen LogP) is 6.85. The van der Waals surface area contributed by atoms with Crippen molar-refractivity contribution in [2.45, 2.75) is 6.61 Å². The Bertz CT molecular complexity index is 974. The Morgan fingerprint density at radius 1 is 0.880 bits per heavy atom. The van der Waals surface area contributed by atoms with Crippen LogP contribution in [0.3, 0.4) is 0 Å². The van der Waals surface area contributed by atoms with Gasteiger partial charge in [-0.25, -0.2) is 4.98 Å². The zero-order chi connectivity index (χ0) is 17.2. The number of rotatable bonds is 4. The van der Waals surface area contributed by atoms with Crippen LogP contribution in [0.25, 0.3) is 20.8 Å². The molecule has 0 aliphatic carbocycles. The number of nitrogens with zero attached hydrogens (tertiary/aromatic N) is 1. The zero-order valence-corrected chi connectivity index (χ0v) is 15.4. The molecule has 2 nitrogen and oxygen atoms in total. The summed E-state index contributed by atoms with van der Waals surface area (Å²) in [6.45, 7) is 0.455. The highest BCUT2D eigenvalue weighted by Gasteiger charge is 2.06. The quantitative estimate of drug-likeness (QED) is 0.383. The molecule has 4 aromatic rings. The van der Waals surface area contributed by atoms with Crippen molar-refractivity contribution in [2.24, 2.45) is 0 Å². The average Bonchev–Trinajstić information content (AvgIpc) is 3.04. The predicted molar refractivity (Wildman–Crippen MR) is 106 cm³/mol. The van der Waals surface area contributed by atoms with Crippen LogP contribution in [-0.4, -0.2) is 4.98 Å². The minimum Gasteiger partial charge on any atom is -0.489 e. The molecule has 0 unspecified atom stereocenters. The fourth-order valence-electron chi connectivity index (χ4n) is 2.52. The molecule has 0 amide bonds. The van der Waals surface area contributed by atoms with Crippen molar-refractivity contribution in [2.75, 3.05) is 0 Å². The number of hydrogen-bond donors (Lipinski definition) is 0. The van der Waals surface area contributed by atoms with E-state index in [1.807, 2.05) is 30.3 Å². The second-order valence-electron chi connectivity index (χ2n) is 5.58. The van der Waals surface area contributed by atoms with Crippen molar-refractivity contribution in [3.8, 4) is 16.3 Å². The van der Waals surface area contributed by atoms with Gasteiger partial charge in [0.25, 0.3) is 0 Å².